The van der Waals surface area contributed by atoms with Crippen molar-refractivity contribution in [2.75, 3.05) is 13.1 Å². The summed E-state index contributed by atoms with van der Waals surface area (Å²) in [5.74, 6) is 0.0188. The molecule has 1 aliphatic rings. The molecular weight excluding hydrogens is 254 g/mol. The van der Waals surface area contributed by atoms with Crippen LogP contribution in [-0.4, -0.2) is 44.5 Å². The summed E-state index contributed by atoms with van der Waals surface area (Å²) < 4.78 is 1.68. The molecule has 2 aromatic rings. The van der Waals surface area contributed by atoms with E-state index in [2.05, 4.69) is 10.1 Å². The van der Waals surface area contributed by atoms with Gasteiger partial charge in [0.2, 0.25) is 0 Å². The lowest BCUT2D eigenvalue weighted by atomic mass is 10.1. The lowest BCUT2D eigenvalue weighted by Crippen LogP contribution is -2.41. The lowest BCUT2D eigenvalue weighted by Gasteiger charge is -2.28. The second kappa shape index (κ2) is 5.58. The Morgan fingerprint density at radius 3 is 2.95 bits per heavy atom. The Labute approximate surface area is 117 Å². The molecule has 6 heteroatoms. The molecular formula is C14H19N5O. The van der Waals surface area contributed by atoms with Gasteiger partial charge in [0, 0.05) is 31.5 Å². The van der Waals surface area contributed by atoms with Gasteiger partial charge < -0.3 is 10.6 Å². The molecule has 2 aromatic heterocycles. The summed E-state index contributed by atoms with van der Waals surface area (Å²) in [5, 5.41) is 4.21. The van der Waals surface area contributed by atoms with Gasteiger partial charge in [0.25, 0.3) is 5.91 Å². The van der Waals surface area contributed by atoms with Gasteiger partial charge in [-0.1, -0.05) is 12.8 Å². The van der Waals surface area contributed by atoms with E-state index in [0.717, 1.165) is 18.4 Å². The Hall–Kier alpha value is -1.95. The van der Waals surface area contributed by atoms with Crippen LogP contribution in [0.4, 0.5) is 0 Å². The van der Waals surface area contributed by atoms with Crippen molar-refractivity contribution in [2.45, 2.75) is 31.7 Å². The van der Waals surface area contributed by atoms with Crippen LogP contribution in [0, 0.1) is 0 Å². The first-order valence-electron chi connectivity index (χ1n) is 7.09. The number of nitrogens with zero attached hydrogens (tertiary/aromatic N) is 4. The highest BCUT2D eigenvalue weighted by atomic mass is 16.2. The largest absolute Gasteiger partial charge is 0.334 e. The molecule has 0 spiro atoms. The van der Waals surface area contributed by atoms with Crippen LogP contribution >= 0.6 is 0 Å². The van der Waals surface area contributed by atoms with E-state index in [1.807, 2.05) is 4.90 Å². The Kier molecular flexibility index (Phi) is 3.64. The fourth-order valence-corrected chi connectivity index (χ4v) is 2.96. The van der Waals surface area contributed by atoms with Crippen molar-refractivity contribution in [3.05, 3.63) is 30.4 Å². The van der Waals surface area contributed by atoms with Crippen LogP contribution in [0.5, 0.6) is 0 Å². The van der Waals surface area contributed by atoms with Crippen LogP contribution in [-0.2, 0) is 0 Å². The van der Waals surface area contributed by atoms with E-state index in [-0.39, 0.29) is 5.91 Å². The molecule has 106 valence electrons. The maximum atomic E-state index is 12.8. The summed E-state index contributed by atoms with van der Waals surface area (Å²) in [6.45, 7) is 1.08. The van der Waals surface area contributed by atoms with Crippen molar-refractivity contribution in [3.8, 4) is 0 Å². The first kappa shape index (κ1) is 13.1. The van der Waals surface area contributed by atoms with Crippen LogP contribution in [0.1, 0.15) is 36.0 Å². The molecule has 0 bridgehead atoms. The summed E-state index contributed by atoms with van der Waals surface area (Å²) in [6.07, 6.45) is 11.2. The van der Waals surface area contributed by atoms with E-state index in [4.69, 9.17) is 5.73 Å². The Balaban J connectivity index is 1.92. The number of amides is 1. The molecule has 1 amide bonds. The standard InChI is InChI=1S/C14H19N5O/c15-5-7-18(11-3-1-2-4-11)14(20)12-9-17-19-8-6-16-10-13(12)19/h6,8-11H,1-5,7,15H2. The van der Waals surface area contributed by atoms with Gasteiger partial charge in [-0.15, -0.1) is 0 Å². The number of hydrogen-bond donors (Lipinski definition) is 1. The maximum Gasteiger partial charge on any atom is 0.258 e. The minimum atomic E-state index is 0.0188. The van der Waals surface area contributed by atoms with Gasteiger partial charge >= 0.3 is 0 Å². The van der Waals surface area contributed by atoms with Crippen molar-refractivity contribution >= 4 is 11.4 Å². The number of fused-ring (bicyclic) bond motifs is 1. The van der Waals surface area contributed by atoms with E-state index < -0.39 is 0 Å². The average molecular weight is 273 g/mol. The lowest BCUT2D eigenvalue weighted by molar-refractivity contribution is 0.0690. The molecule has 3 rings (SSSR count). The van der Waals surface area contributed by atoms with Crippen LogP contribution in [0.25, 0.3) is 5.52 Å². The summed E-state index contributed by atoms with van der Waals surface area (Å²) in [5.41, 5.74) is 7.03. The van der Waals surface area contributed by atoms with Crippen molar-refractivity contribution in [1.29, 1.82) is 0 Å². The van der Waals surface area contributed by atoms with E-state index in [1.165, 1.54) is 12.8 Å². The zero-order valence-corrected chi connectivity index (χ0v) is 11.4. The second-order valence-corrected chi connectivity index (χ2v) is 5.19. The highest BCUT2D eigenvalue weighted by molar-refractivity contribution is 6.00. The Morgan fingerprint density at radius 2 is 2.20 bits per heavy atom. The third kappa shape index (κ3) is 2.27. The van der Waals surface area contributed by atoms with Gasteiger partial charge in [0.1, 0.15) is 0 Å². The number of aromatic nitrogens is 3. The first-order valence-corrected chi connectivity index (χ1v) is 7.09. The normalized spacial score (nSPS) is 15.8. The second-order valence-electron chi connectivity index (χ2n) is 5.19. The zero-order valence-electron chi connectivity index (χ0n) is 11.4. The smallest absolute Gasteiger partial charge is 0.258 e. The maximum absolute atomic E-state index is 12.8. The van der Waals surface area contributed by atoms with Gasteiger partial charge in [0.05, 0.1) is 23.5 Å². The van der Waals surface area contributed by atoms with Crippen LogP contribution in [0.15, 0.2) is 24.8 Å². The molecule has 0 aromatic carbocycles. The molecule has 2 N–H and O–H groups in total. The highest BCUT2D eigenvalue weighted by Gasteiger charge is 2.28. The summed E-state index contributed by atoms with van der Waals surface area (Å²) in [6, 6.07) is 0.317. The van der Waals surface area contributed by atoms with Crippen LogP contribution < -0.4 is 5.73 Å². The first-order chi connectivity index (χ1) is 9.81. The molecule has 20 heavy (non-hydrogen) atoms. The van der Waals surface area contributed by atoms with Crippen molar-refractivity contribution in [1.82, 2.24) is 19.5 Å². The Bertz CT molecular complexity index is 602. The topological polar surface area (TPSA) is 76.5 Å². The number of carbonyl (C=O) groups excluding carboxylic acids is 1. The highest BCUT2D eigenvalue weighted by Crippen LogP contribution is 2.25. The third-order valence-corrected chi connectivity index (χ3v) is 3.95. The molecule has 1 saturated carbocycles. The van der Waals surface area contributed by atoms with Gasteiger partial charge in [-0.2, -0.15) is 5.10 Å². The number of hydrogen-bond acceptors (Lipinski definition) is 4. The van der Waals surface area contributed by atoms with E-state index in [0.29, 0.717) is 24.7 Å². The fourth-order valence-electron chi connectivity index (χ4n) is 2.96. The van der Waals surface area contributed by atoms with E-state index >= 15 is 0 Å². The van der Waals surface area contributed by atoms with Gasteiger partial charge in [0.15, 0.2) is 0 Å². The van der Waals surface area contributed by atoms with Gasteiger partial charge in [-0.05, 0) is 12.8 Å². The molecule has 0 radical (unpaired) electrons. The molecule has 1 fully saturated rings. The minimum Gasteiger partial charge on any atom is -0.334 e. The molecule has 2 heterocycles. The molecule has 0 atom stereocenters. The average Bonchev–Trinajstić information content (AvgIpc) is 3.13. The molecule has 0 unspecified atom stereocenters. The van der Waals surface area contributed by atoms with Crippen molar-refractivity contribution < 1.29 is 4.79 Å². The van der Waals surface area contributed by atoms with E-state index in [9.17, 15) is 4.79 Å². The number of rotatable bonds is 4. The Morgan fingerprint density at radius 1 is 1.40 bits per heavy atom. The van der Waals surface area contributed by atoms with Crippen LogP contribution in [0.3, 0.4) is 0 Å². The third-order valence-electron chi connectivity index (χ3n) is 3.95. The predicted octanol–water partition coefficient (Wildman–Crippen LogP) is 1.07. The zero-order chi connectivity index (χ0) is 13.9. The molecule has 0 saturated heterocycles. The predicted molar refractivity (Wildman–Crippen MR) is 75.3 cm³/mol. The van der Waals surface area contributed by atoms with Crippen molar-refractivity contribution in [2.24, 2.45) is 5.73 Å². The summed E-state index contributed by atoms with van der Waals surface area (Å²) in [4.78, 5) is 18.8. The molecule has 6 nitrogen and oxygen atoms in total. The molecule has 0 aliphatic heterocycles. The summed E-state index contributed by atoms with van der Waals surface area (Å²) in [7, 11) is 0. The quantitative estimate of drug-likeness (QED) is 0.904. The minimum absolute atomic E-state index is 0.0188. The van der Waals surface area contributed by atoms with Gasteiger partial charge in [-0.25, -0.2) is 4.52 Å². The van der Waals surface area contributed by atoms with Gasteiger partial charge in [-0.3, -0.25) is 9.78 Å². The van der Waals surface area contributed by atoms with Crippen LogP contribution in [0.2, 0.25) is 0 Å². The fraction of sp³-hybridized carbons (Fsp3) is 0.500. The van der Waals surface area contributed by atoms with E-state index in [1.54, 1.807) is 29.3 Å². The monoisotopic (exact) mass is 273 g/mol. The SMILES string of the molecule is NCCN(C(=O)c1cnn2ccncc12)C1CCCC1. The number of carbonyl (C=O) groups is 1. The van der Waals surface area contributed by atoms with Crippen molar-refractivity contribution in [3.63, 3.8) is 0 Å². The summed E-state index contributed by atoms with van der Waals surface area (Å²) >= 11 is 0. The molecule has 1 aliphatic carbocycles. The number of nitrogens with two attached hydrogens (primary N) is 1.